The van der Waals surface area contributed by atoms with E-state index in [2.05, 4.69) is 21.5 Å². The van der Waals surface area contributed by atoms with Crippen LogP contribution in [0, 0.1) is 0 Å². The number of anilines is 1. The van der Waals surface area contributed by atoms with Crippen molar-refractivity contribution in [3.05, 3.63) is 60.8 Å². The Labute approximate surface area is 152 Å². The van der Waals surface area contributed by atoms with Crippen molar-refractivity contribution in [1.29, 1.82) is 0 Å². The molecule has 3 rings (SSSR count). The Morgan fingerprint density at radius 3 is 2.54 bits per heavy atom. The molecule has 0 spiro atoms. The SMILES string of the molecule is CCn1ccc2cc(NC(=O)[C@H](C)NS(=O)(=O)c3ccccc3)ccc21. The molecule has 136 valence electrons. The number of carbonyl (C=O) groups excluding carboxylic acids is 1. The maximum Gasteiger partial charge on any atom is 0.242 e. The third kappa shape index (κ3) is 3.79. The third-order valence-electron chi connectivity index (χ3n) is 4.16. The first-order valence-electron chi connectivity index (χ1n) is 8.38. The van der Waals surface area contributed by atoms with E-state index in [-0.39, 0.29) is 4.90 Å². The molecule has 0 aliphatic carbocycles. The van der Waals surface area contributed by atoms with E-state index in [0.29, 0.717) is 5.69 Å². The number of fused-ring (bicyclic) bond motifs is 1. The van der Waals surface area contributed by atoms with Gasteiger partial charge < -0.3 is 9.88 Å². The lowest BCUT2D eigenvalue weighted by atomic mass is 10.2. The van der Waals surface area contributed by atoms with Crippen LogP contribution in [0.2, 0.25) is 0 Å². The summed E-state index contributed by atoms with van der Waals surface area (Å²) in [4.78, 5) is 12.5. The molecule has 0 saturated carbocycles. The monoisotopic (exact) mass is 371 g/mol. The van der Waals surface area contributed by atoms with Gasteiger partial charge in [-0.15, -0.1) is 0 Å². The van der Waals surface area contributed by atoms with Crippen molar-refractivity contribution in [3.8, 4) is 0 Å². The largest absolute Gasteiger partial charge is 0.348 e. The first-order chi connectivity index (χ1) is 12.4. The number of carbonyl (C=O) groups is 1. The Morgan fingerprint density at radius 2 is 1.85 bits per heavy atom. The molecule has 2 aromatic carbocycles. The van der Waals surface area contributed by atoms with Gasteiger partial charge in [-0.05, 0) is 50.2 Å². The van der Waals surface area contributed by atoms with Crippen molar-refractivity contribution >= 4 is 32.5 Å². The van der Waals surface area contributed by atoms with Gasteiger partial charge in [0.1, 0.15) is 0 Å². The van der Waals surface area contributed by atoms with E-state index in [0.717, 1.165) is 17.4 Å². The summed E-state index contributed by atoms with van der Waals surface area (Å²) in [5, 5.41) is 3.78. The molecule has 1 aromatic heterocycles. The summed E-state index contributed by atoms with van der Waals surface area (Å²) in [5.74, 6) is -0.418. The lowest BCUT2D eigenvalue weighted by Gasteiger charge is -2.14. The molecule has 1 heterocycles. The molecule has 0 aliphatic heterocycles. The van der Waals surface area contributed by atoms with Crippen LogP contribution < -0.4 is 10.0 Å². The number of sulfonamides is 1. The van der Waals surface area contributed by atoms with E-state index < -0.39 is 22.0 Å². The van der Waals surface area contributed by atoms with Gasteiger partial charge in [0, 0.05) is 29.3 Å². The Morgan fingerprint density at radius 1 is 1.12 bits per heavy atom. The highest BCUT2D eigenvalue weighted by Crippen LogP contribution is 2.20. The van der Waals surface area contributed by atoms with Crippen LogP contribution in [0.3, 0.4) is 0 Å². The number of hydrogen-bond donors (Lipinski definition) is 2. The van der Waals surface area contributed by atoms with Gasteiger partial charge in [-0.1, -0.05) is 18.2 Å². The number of aryl methyl sites for hydroxylation is 1. The van der Waals surface area contributed by atoms with Crippen molar-refractivity contribution in [2.45, 2.75) is 31.3 Å². The van der Waals surface area contributed by atoms with Gasteiger partial charge in [0.2, 0.25) is 15.9 Å². The highest BCUT2D eigenvalue weighted by Gasteiger charge is 2.22. The first kappa shape index (κ1) is 18.2. The molecule has 0 radical (unpaired) electrons. The summed E-state index contributed by atoms with van der Waals surface area (Å²) in [6.07, 6.45) is 1.99. The van der Waals surface area contributed by atoms with Crippen molar-refractivity contribution in [1.82, 2.24) is 9.29 Å². The molecule has 0 aliphatic rings. The molecule has 0 fully saturated rings. The van der Waals surface area contributed by atoms with Crippen LogP contribution in [-0.4, -0.2) is 24.9 Å². The summed E-state index contributed by atoms with van der Waals surface area (Å²) in [5.41, 5.74) is 1.71. The van der Waals surface area contributed by atoms with Crippen molar-refractivity contribution in [2.75, 3.05) is 5.32 Å². The molecule has 6 nitrogen and oxygen atoms in total. The molecule has 0 bridgehead atoms. The maximum atomic E-state index is 12.4. The molecule has 0 saturated heterocycles. The lowest BCUT2D eigenvalue weighted by Crippen LogP contribution is -2.41. The molecule has 7 heteroatoms. The average molecular weight is 371 g/mol. The number of benzene rings is 2. The number of rotatable bonds is 6. The van der Waals surface area contributed by atoms with E-state index in [9.17, 15) is 13.2 Å². The molecule has 1 atom stereocenters. The molecule has 0 unspecified atom stereocenters. The zero-order chi connectivity index (χ0) is 18.7. The minimum Gasteiger partial charge on any atom is -0.348 e. The molecule has 3 aromatic rings. The second kappa shape index (κ2) is 7.31. The Hall–Kier alpha value is -2.64. The molecule has 2 N–H and O–H groups in total. The van der Waals surface area contributed by atoms with Gasteiger partial charge in [-0.3, -0.25) is 4.79 Å². The van der Waals surface area contributed by atoms with Crippen LogP contribution in [-0.2, 0) is 21.4 Å². The number of hydrogen-bond acceptors (Lipinski definition) is 3. The van der Waals surface area contributed by atoms with Crippen LogP contribution in [0.25, 0.3) is 10.9 Å². The van der Waals surface area contributed by atoms with Gasteiger partial charge in [0.25, 0.3) is 0 Å². The standard InChI is InChI=1S/C19H21N3O3S/c1-3-22-12-11-15-13-16(9-10-18(15)22)20-19(23)14(2)21-26(24,25)17-7-5-4-6-8-17/h4-14,21H,3H2,1-2H3,(H,20,23)/t14-/m0/s1. The lowest BCUT2D eigenvalue weighted by molar-refractivity contribution is -0.117. The quantitative estimate of drug-likeness (QED) is 0.699. The van der Waals surface area contributed by atoms with E-state index in [1.54, 1.807) is 18.2 Å². The van der Waals surface area contributed by atoms with E-state index in [4.69, 9.17) is 0 Å². The first-order valence-corrected chi connectivity index (χ1v) is 9.86. The average Bonchev–Trinajstić information content (AvgIpc) is 3.04. The predicted octanol–water partition coefficient (Wildman–Crippen LogP) is 2.97. The summed E-state index contributed by atoms with van der Waals surface area (Å²) in [6.45, 7) is 4.45. The summed E-state index contributed by atoms with van der Waals surface area (Å²) < 4.78 is 29.1. The minimum atomic E-state index is -3.75. The van der Waals surface area contributed by atoms with E-state index in [1.165, 1.54) is 19.1 Å². The van der Waals surface area contributed by atoms with Gasteiger partial charge in [0.05, 0.1) is 10.9 Å². The summed E-state index contributed by atoms with van der Waals surface area (Å²) >= 11 is 0. The van der Waals surface area contributed by atoms with Crippen LogP contribution >= 0.6 is 0 Å². The van der Waals surface area contributed by atoms with Gasteiger partial charge in [-0.2, -0.15) is 4.72 Å². The number of nitrogens with one attached hydrogen (secondary N) is 2. The molecular formula is C19H21N3O3S. The molecule has 26 heavy (non-hydrogen) atoms. The van der Waals surface area contributed by atoms with Crippen LogP contribution in [0.15, 0.2) is 65.7 Å². The third-order valence-corrected chi connectivity index (χ3v) is 5.71. The van der Waals surface area contributed by atoms with Crippen LogP contribution in [0.5, 0.6) is 0 Å². The Balaban J connectivity index is 1.71. The fourth-order valence-corrected chi connectivity index (χ4v) is 3.98. The minimum absolute atomic E-state index is 0.127. The Kier molecular flexibility index (Phi) is 5.11. The van der Waals surface area contributed by atoms with Gasteiger partial charge in [-0.25, -0.2) is 8.42 Å². The van der Waals surface area contributed by atoms with Gasteiger partial charge >= 0.3 is 0 Å². The molecule has 1 amide bonds. The number of amides is 1. The fraction of sp³-hybridized carbons (Fsp3) is 0.211. The number of nitrogens with zero attached hydrogens (tertiary/aromatic N) is 1. The zero-order valence-electron chi connectivity index (χ0n) is 14.6. The van der Waals surface area contributed by atoms with Gasteiger partial charge in [0.15, 0.2) is 0 Å². The normalized spacial score (nSPS) is 12.8. The number of aromatic nitrogens is 1. The van der Waals surface area contributed by atoms with E-state index >= 15 is 0 Å². The zero-order valence-corrected chi connectivity index (χ0v) is 15.5. The Bertz CT molecular complexity index is 1030. The second-order valence-electron chi connectivity index (χ2n) is 6.02. The topological polar surface area (TPSA) is 80.2 Å². The van der Waals surface area contributed by atoms with Crippen molar-refractivity contribution < 1.29 is 13.2 Å². The fourth-order valence-electron chi connectivity index (χ4n) is 2.76. The predicted molar refractivity (Wildman–Crippen MR) is 102 cm³/mol. The highest BCUT2D eigenvalue weighted by molar-refractivity contribution is 7.89. The van der Waals surface area contributed by atoms with Crippen molar-refractivity contribution in [2.24, 2.45) is 0 Å². The summed E-state index contributed by atoms with van der Waals surface area (Å²) in [6, 6.07) is 14.7. The molecular weight excluding hydrogens is 350 g/mol. The smallest absolute Gasteiger partial charge is 0.242 e. The highest BCUT2D eigenvalue weighted by atomic mass is 32.2. The van der Waals surface area contributed by atoms with E-state index in [1.807, 2.05) is 30.5 Å². The van der Waals surface area contributed by atoms with Crippen molar-refractivity contribution in [3.63, 3.8) is 0 Å². The van der Waals surface area contributed by atoms with Crippen LogP contribution in [0.4, 0.5) is 5.69 Å². The van der Waals surface area contributed by atoms with Crippen LogP contribution in [0.1, 0.15) is 13.8 Å². The summed E-state index contributed by atoms with van der Waals surface area (Å²) in [7, 11) is -3.75. The maximum absolute atomic E-state index is 12.4. The second-order valence-corrected chi connectivity index (χ2v) is 7.73.